The standard InChI is InChI=1S/C38H51NO6S3/c1-8-26(5)36(37(42)45-24-27(6)29-18-19-38(7,9-2)31(22-29)25(3)4)39-33(40)16-17-34(41)44-21-11-10-20-43-30-14-12-28(13-15-30)32-23-35(46)48-47-32/h9,12-15,23,26,29,31,36H,2-3,6,8,10-11,16-22,24H2,1,4-5,7H3,(H,39,40)/t26?,29-,31+,36?,38-/m1/s1. The summed E-state index contributed by atoms with van der Waals surface area (Å²) in [5.74, 6) is -0.179. The maximum Gasteiger partial charge on any atom is 0.329 e. The lowest BCUT2D eigenvalue weighted by Crippen LogP contribution is -2.46. The lowest BCUT2D eigenvalue weighted by molar-refractivity contribution is -0.149. The van der Waals surface area contributed by atoms with Gasteiger partial charge in [0.15, 0.2) is 0 Å². The molecule has 2 aromatic rings. The fraction of sp³-hybridized carbons (Fsp3) is 0.526. The Morgan fingerprint density at radius 2 is 1.81 bits per heavy atom. The van der Waals surface area contributed by atoms with Gasteiger partial charge in [-0.1, -0.05) is 84.9 Å². The molecule has 1 saturated carbocycles. The van der Waals surface area contributed by atoms with Gasteiger partial charge in [0.05, 0.1) is 19.6 Å². The molecule has 1 heterocycles. The lowest BCUT2D eigenvalue weighted by Gasteiger charge is -2.43. The van der Waals surface area contributed by atoms with Gasteiger partial charge in [-0.3, -0.25) is 9.59 Å². The minimum absolute atomic E-state index is 0.00254. The maximum atomic E-state index is 13.1. The summed E-state index contributed by atoms with van der Waals surface area (Å²) >= 11 is 5.21. The summed E-state index contributed by atoms with van der Waals surface area (Å²) in [5, 5.41) is 2.79. The number of ether oxygens (including phenoxy) is 3. The number of benzene rings is 1. The van der Waals surface area contributed by atoms with Gasteiger partial charge in [0.25, 0.3) is 0 Å². The van der Waals surface area contributed by atoms with Crippen LogP contribution in [0, 0.1) is 27.0 Å². The highest BCUT2D eigenvalue weighted by Gasteiger charge is 2.39. The van der Waals surface area contributed by atoms with Gasteiger partial charge in [-0.15, -0.1) is 6.58 Å². The number of nitrogens with one attached hydrogen (secondary N) is 1. The number of rotatable bonds is 19. The molecule has 0 radical (unpaired) electrons. The number of unbranched alkanes of at least 4 members (excludes halogenated alkanes) is 1. The van der Waals surface area contributed by atoms with E-state index in [1.54, 1.807) is 20.7 Å². The van der Waals surface area contributed by atoms with Gasteiger partial charge in [0.1, 0.15) is 22.2 Å². The van der Waals surface area contributed by atoms with E-state index in [2.05, 4.69) is 38.9 Å². The van der Waals surface area contributed by atoms with Crippen molar-refractivity contribution < 1.29 is 28.6 Å². The van der Waals surface area contributed by atoms with Crippen LogP contribution in [-0.4, -0.2) is 43.7 Å². The quantitative estimate of drug-likeness (QED) is 0.0510. The van der Waals surface area contributed by atoms with Crippen LogP contribution in [0.1, 0.15) is 79.1 Å². The van der Waals surface area contributed by atoms with Crippen molar-refractivity contribution in [1.82, 2.24) is 5.32 Å². The predicted molar refractivity (Wildman–Crippen MR) is 199 cm³/mol. The molecule has 0 aliphatic heterocycles. The van der Waals surface area contributed by atoms with Gasteiger partial charge in [0, 0.05) is 11.3 Å². The van der Waals surface area contributed by atoms with Crippen molar-refractivity contribution in [2.45, 2.75) is 85.1 Å². The molecular formula is C38H51NO6S3. The van der Waals surface area contributed by atoms with Crippen LogP contribution in [0.3, 0.4) is 0 Å². The summed E-state index contributed by atoms with van der Waals surface area (Å²) in [6.45, 7) is 21.5. The zero-order chi connectivity index (χ0) is 35.3. The van der Waals surface area contributed by atoms with E-state index in [9.17, 15) is 14.4 Å². The summed E-state index contributed by atoms with van der Waals surface area (Å²) < 4.78 is 17.7. The minimum Gasteiger partial charge on any atom is -0.494 e. The van der Waals surface area contributed by atoms with E-state index >= 15 is 0 Å². The molecule has 1 aliphatic carbocycles. The Morgan fingerprint density at radius 1 is 1.10 bits per heavy atom. The Balaban J connectivity index is 1.33. The molecule has 48 heavy (non-hydrogen) atoms. The third kappa shape index (κ3) is 11.8. The molecule has 1 fully saturated rings. The van der Waals surface area contributed by atoms with Gasteiger partial charge >= 0.3 is 11.9 Å². The third-order valence-corrected chi connectivity index (χ3v) is 12.3. The topological polar surface area (TPSA) is 90.9 Å². The molecular weight excluding hydrogens is 663 g/mol. The van der Waals surface area contributed by atoms with E-state index in [0.29, 0.717) is 25.4 Å². The number of hydrogen-bond donors (Lipinski definition) is 1. The van der Waals surface area contributed by atoms with E-state index in [1.807, 2.05) is 50.3 Å². The number of carbonyl (C=O) groups excluding carboxylic acids is 3. The van der Waals surface area contributed by atoms with Crippen molar-refractivity contribution in [2.75, 3.05) is 19.8 Å². The van der Waals surface area contributed by atoms with Crippen LogP contribution < -0.4 is 10.1 Å². The molecule has 0 spiro atoms. The van der Waals surface area contributed by atoms with Gasteiger partial charge in [0.2, 0.25) is 5.91 Å². The smallest absolute Gasteiger partial charge is 0.329 e. The molecule has 1 aliphatic rings. The number of esters is 2. The third-order valence-electron chi connectivity index (χ3n) is 9.40. The van der Waals surface area contributed by atoms with E-state index in [0.717, 1.165) is 56.8 Å². The largest absolute Gasteiger partial charge is 0.494 e. The normalized spacial score (nSPS) is 20.2. The van der Waals surface area contributed by atoms with E-state index in [1.165, 1.54) is 0 Å². The van der Waals surface area contributed by atoms with Crippen LogP contribution in [0.2, 0.25) is 0 Å². The first-order valence-electron chi connectivity index (χ1n) is 16.8. The molecule has 1 N–H and O–H groups in total. The first-order valence-corrected chi connectivity index (χ1v) is 19.3. The summed E-state index contributed by atoms with van der Waals surface area (Å²) in [5.41, 5.74) is 3.12. The van der Waals surface area contributed by atoms with Crippen molar-refractivity contribution >= 4 is 50.7 Å². The van der Waals surface area contributed by atoms with Crippen molar-refractivity contribution in [1.29, 1.82) is 0 Å². The summed E-state index contributed by atoms with van der Waals surface area (Å²) in [4.78, 5) is 39.3. The Kier molecular flexibility index (Phi) is 15.7. The zero-order valence-corrected chi connectivity index (χ0v) is 31.3. The van der Waals surface area contributed by atoms with Crippen molar-refractivity contribution in [3.63, 3.8) is 0 Å². The number of amides is 1. The molecule has 0 saturated heterocycles. The van der Waals surface area contributed by atoms with E-state index in [-0.39, 0.29) is 43.3 Å². The van der Waals surface area contributed by atoms with E-state index < -0.39 is 23.9 Å². The second-order valence-electron chi connectivity index (χ2n) is 13.1. The zero-order valence-electron chi connectivity index (χ0n) is 28.8. The number of hydrogen-bond acceptors (Lipinski definition) is 9. The Labute approximate surface area is 298 Å². The summed E-state index contributed by atoms with van der Waals surface area (Å²) in [6, 6.07) is 9.10. The van der Waals surface area contributed by atoms with E-state index in [4.69, 9.17) is 26.4 Å². The van der Waals surface area contributed by atoms with Crippen molar-refractivity contribution in [2.24, 2.45) is 23.2 Å². The van der Waals surface area contributed by atoms with Gasteiger partial charge < -0.3 is 19.5 Å². The maximum absolute atomic E-state index is 13.1. The molecule has 10 heteroatoms. The van der Waals surface area contributed by atoms with Crippen LogP contribution in [0.5, 0.6) is 5.75 Å². The van der Waals surface area contributed by atoms with Crippen LogP contribution in [0.4, 0.5) is 0 Å². The van der Waals surface area contributed by atoms with Crippen molar-refractivity contribution in [3.05, 3.63) is 71.1 Å². The SMILES string of the molecule is C=C[C@]1(C)CC[C@@H](C(=C)COC(=O)C(NC(=O)CCC(=O)OCCCCOc2ccc(-c3cc(=S)ss3)cc2)C(C)CC)C[C@H]1C(=C)C. The van der Waals surface area contributed by atoms with Crippen LogP contribution in [0.15, 0.2) is 67.3 Å². The van der Waals surface area contributed by atoms with Gasteiger partial charge in [-0.05, 0) is 104 Å². The summed E-state index contributed by atoms with van der Waals surface area (Å²) in [7, 11) is 3.25. The number of carbonyl (C=O) groups is 3. The van der Waals surface area contributed by atoms with Gasteiger partial charge in [-0.2, -0.15) is 0 Å². The average molecular weight is 714 g/mol. The minimum atomic E-state index is -0.808. The molecule has 1 amide bonds. The van der Waals surface area contributed by atoms with Gasteiger partial charge in [-0.25, -0.2) is 4.79 Å². The average Bonchev–Trinajstić information content (AvgIpc) is 3.52. The second-order valence-corrected chi connectivity index (χ2v) is 16.0. The highest BCUT2D eigenvalue weighted by molar-refractivity contribution is 7.80. The Hall–Kier alpha value is -3.08. The lowest BCUT2D eigenvalue weighted by atomic mass is 9.61. The molecule has 5 atom stereocenters. The fourth-order valence-electron chi connectivity index (χ4n) is 5.95. The first kappa shape index (κ1) is 39.4. The summed E-state index contributed by atoms with van der Waals surface area (Å²) in [6.07, 6.45) is 6.74. The molecule has 7 nitrogen and oxygen atoms in total. The van der Waals surface area contributed by atoms with Crippen molar-refractivity contribution in [3.8, 4) is 16.2 Å². The second kappa shape index (κ2) is 19.2. The van der Waals surface area contributed by atoms with Crippen LogP contribution in [-0.2, 0) is 23.9 Å². The van der Waals surface area contributed by atoms with Crippen LogP contribution in [0.25, 0.3) is 10.4 Å². The molecule has 1 aromatic heterocycles. The highest BCUT2D eigenvalue weighted by Crippen LogP contribution is 2.48. The molecule has 1 aromatic carbocycles. The number of allylic oxidation sites excluding steroid dienone is 2. The fourth-order valence-corrected chi connectivity index (χ4v) is 8.35. The Morgan fingerprint density at radius 3 is 2.44 bits per heavy atom. The van der Waals surface area contributed by atoms with Crippen LogP contribution >= 0.6 is 32.9 Å². The molecule has 3 rings (SSSR count). The first-order chi connectivity index (χ1) is 22.9. The predicted octanol–water partition coefficient (Wildman–Crippen LogP) is 9.50. The molecule has 262 valence electrons. The Bertz CT molecular complexity index is 1480. The monoisotopic (exact) mass is 713 g/mol. The molecule has 2 unspecified atom stereocenters. The molecule has 0 bridgehead atoms. The highest BCUT2D eigenvalue weighted by atomic mass is 32.9.